The molecule has 0 radical (unpaired) electrons. The van der Waals surface area contributed by atoms with Gasteiger partial charge in [-0.2, -0.15) is 0 Å². The molecule has 2 N–H and O–H groups in total. The molecule has 1 aliphatic rings. The third-order valence-corrected chi connectivity index (χ3v) is 7.97. The first kappa shape index (κ1) is 32.8. The number of aliphatic hydroxyl groups excluding tert-OH is 1. The zero-order valence-electron chi connectivity index (χ0n) is 25.9. The Morgan fingerprint density at radius 2 is 1.65 bits per heavy atom. The maximum atomic E-state index is 10.7. The van der Waals surface area contributed by atoms with Gasteiger partial charge in [0, 0.05) is 56.5 Å². The van der Waals surface area contributed by atoms with E-state index in [0.717, 1.165) is 60.7 Å². The number of nitrogens with zero attached hydrogens (tertiary/aromatic N) is 1. The molecule has 4 rings (SSSR count). The summed E-state index contributed by atoms with van der Waals surface area (Å²) in [6.07, 6.45) is 2.73. The first-order valence-electron chi connectivity index (χ1n) is 15.3. The molecule has 0 aromatic heterocycles. The lowest BCUT2D eigenvalue weighted by Crippen LogP contribution is -2.41. The Balaban J connectivity index is 1.25. The maximum absolute atomic E-state index is 10.7. The molecule has 8 heteroatoms. The molecule has 2 unspecified atom stereocenters. The van der Waals surface area contributed by atoms with E-state index < -0.39 is 6.23 Å². The van der Waals surface area contributed by atoms with Gasteiger partial charge in [-0.25, -0.2) is 0 Å². The minimum absolute atomic E-state index is 0.0471. The monoisotopic (exact) mass is 592 g/mol. The van der Waals surface area contributed by atoms with Crippen molar-refractivity contribution in [3.63, 3.8) is 0 Å². The van der Waals surface area contributed by atoms with Gasteiger partial charge < -0.3 is 39.0 Å². The number of hydrogen-bond donors (Lipinski definition) is 2. The van der Waals surface area contributed by atoms with Crippen molar-refractivity contribution in [1.82, 2.24) is 5.32 Å². The molecule has 1 aliphatic heterocycles. The molecule has 1 fully saturated rings. The average molecular weight is 593 g/mol. The first-order chi connectivity index (χ1) is 21.1. The van der Waals surface area contributed by atoms with E-state index in [-0.39, 0.29) is 6.10 Å². The third-order valence-electron chi connectivity index (χ3n) is 7.97. The van der Waals surface area contributed by atoms with Gasteiger partial charge in [0.2, 0.25) is 0 Å². The summed E-state index contributed by atoms with van der Waals surface area (Å²) < 4.78 is 28.9. The highest BCUT2D eigenvalue weighted by Crippen LogP contribution is 2.31. The summed E-state index contributed by atoms with van der Waals surface area (Å²) in [6, 6.07) is 24.5. The maximum Gasteiger partial charge on any atom is 0.126 e. The SMILES string of the molecule is COCCCC(O)N(C)c1ccccc1COC1CNCC[C@@H]1c1ccc(OCCCOCc2ccccc2OC)cc1. The molecule has 0 amide bonds. The number of benzene rings is 3. The van der Waals surface area contributed by atoms with Crippen molar-refractivity contribution in [3.05, 3.63) is 89.5 Å². The van der Waals surface area contributed by atoms with Crippen LogP contribution < -0.4 is 19.7 Å². The number of anilines is 1. The molecule has 0 saturated carbocycles. The van der Waals surface area contributed by atoms with E-state index in [2.05, 4.69) is 35.6 Å². The van der Waals surface area contributed by atoms with Gasteiger partial charge in [0.25, 0.3) is 0 Å². The van der Waals surface area contributed by atoms with Crippen molar-refractivity contribution in [3.8, 4) is 11.5 Å². The normalized spacial score (nSPS) is 17.4. The lowest BCUT2D eigenvalue weighted by atomic mass is 9.87. The van der Waals surface area contributed by atoms with Gasteiger partial charge in [-0.15, -0.1) is 0 Å². The number of aliphatic hydroxyl groups is 1. The highest BCUT2D eigenvalue weighted by molar-refractivity contribution is 5.53. The second-order valence-electron chi connectivity index (χ2n) is 10.9. The van der Waals surface area contributed by atoms with Crippen molar-refractivity contribution in [2.75, 3.05) is 59.1 Å². The van der Waals surface area contributed by atoms with Crippen molar-refractivity contribution in [2.24, 2.45) is 0 Å². The molecular weight excluding hydrogens is 544 g/mol. The predicted molar refractivity (Wildman–Crippen MR) is 170 cm³/mol. The van der Waals surface area contributed by atoms with E-state index in [4.69, 9.17) is 23.7 Å². The van der Waals surface area contributed by atoms with Crippen LogP contribution in [0.2, 0.25) is 0 Å². The predicted octanol–water partition coefficient (Wildman–Crippen LogP) is 5.52. The summed E-state index contributed by atoms with van der Waals surface area (Å²) in [5.74, 6) is 2.01. The van der Waals surface area contributed by atoms with Gasteiger partial charge in [-0.1, -0.05) is 48.5 Å². The fourth-order valence-electron chi connectivity index (χ4n) is 5.49. The Morgan fingerprint density at radius 3 is 2.44 bits per heavy atom. The number of methoxy groups -OCH3 is 2. The third kappa shape index (κ3) is 9.95. The van der Waals surface area contributed by atoms with Crippen LogP contribution in [0, 0.1) is 0 Å². The second kappa shape index (κ2) is 17.9. The molecule has 1 heterocycles. The van der Waals surface area contributed by atoms with Crippen molar-refractivity contribution in [2.45, 2.75) is 57.1 Å². The summed E-state index contributed by atoms with van der Waals surface area (Å²) in [6.45, 7) is 4.63. The minimum atomic E-state index is -0.577. The number of piperidine rings is 1. The Morgan fingerprint density at radius 1 is 0.884 bits per heavy atom. The number of nitrogens with one attached hydrogen (secondary N) is 1. The van der Waals surface area contributed by atoms with E-state index in [1.807, 2.05) is 54.4 Å². The zero-order valence-corrected chi connectivity index (χ0v) is 25.9. The van der Waals surface area contributed by atoms with Crippen LogP contribution >= 0.6 is 0 Å². The van der Waals surface area contributed by atoms with E-state index in [1.54, 1.807) is 14.2 Å². The fraction of sp³-hybridized carbons (Fsp3) is 0.486. The summed E-state index contributed by atoms with van der Waals surface area (Å²) in [5.41, 5.74) is 4.36. The quantitative estimate of drug-likeness (QED) is 0.148. The Kier molecular flexibility index (Phi) is 13.6. The minimum Gasteiger partial charge on any atom is -0.496 e. The zero-order chi connectivity index (χ0) is 30.3. The Hall–Kier alpha value is -3.14. The van der Waals surface area contributed by atoms with Crippen molar-refractivity contribution < 1.29 is 28.8 Å². The number of hydrogen-bond acceptors (Lipinski definition) is 8. The summed E-state index contributed by atoms with van der Waals surface area (Å²) in [4.78, 5) is 1.93. The highest BCUT2D eigenvalue weighted by Gasteiger charge is 2.27. The van der Waals surface area contributed by atoms with Gasteiger partial charge in [0.05, 0.1) is 39.6 Å². The van der Waals surface area contributed by atoms with E-state index in [1.165, 1.54) is 5.56 Å². The molecule has 3 aromatic carbocycles. The first-order valence-corrected chi connectivity index (χ1v) is 15.3. The second-order valence-corrected chi connectivity index (χ2v) is 10.9. The Labute approximate surface area is 256 Å². The summed E-state index contributed by atoms with van der Waals surface area (Å²) in [5, 5.41) is 14.2. The Bertz CT molecular complexity index is 1210. The topological polar surface area (TPSA) is 81.7 Å². The van der Waals surface area contributed by atoms with Crippen LogP contribution in [-0.2, 0) is 27.4 Å². The van der Waals surface area contributed by atoms with Gasteiger partial charge in [0.15, 0.2) is 0 Å². The lowest BCUT2D eigenvalue weighted by Gasteiger charge is -2.33. The smallest absolute Gasteiger partial charge is 0.126 e. The van der Waals surface area contributed by atoms with E-state index in [9.17, 15) is 5.11 Å². The molecule has 234 valence electrons. The number of para-hydroxylation sites is 2. The largest absolute Gasteiger partial charge is 0.496 e. The van der Waals surface area contributed by atoms with Gasteiger partial charge in [-0.3, -0.25) is 0 Å². The number of rotatable bonds is 18. The average Bonchev–Trinajstić information content (AvgIpc) is 3.06. The van der Waals surface area contributed by atoms with Crippen LogP contribution in [0.15, 0.2) is 72.8 Å². The standard InChI is InChI=1S/C35H48N2O6/c1-37(35(38)14-8-21-39-2)32-12-6-4-10-28(32)26-43-34-24-36-20-19-31(34)27-15-17-30(18-16-27)42-23-9-22-41-25-29-11-5-7-13-33(29)40-3/h4-7,10-13,15-18,31,34-36,38H,8-9,14,19-26H2,1-3H3/t31-,34?,35?/m1/s1. The molecule has 1 saturated heterocycles. The van der Waals surface area contributed by atoms with Crippen LogP contribution in [0.3, 0.4) is 0 Å². The van der Waals surface area contributed by atoms with Crippen molar-refractivity contribution >= 4 is 5.69 Å². The summed E-state index contributed by atoms with van der Waals surface area (Å²) in [7, 11) is 5.29. The van der Waals surface area contributed by atoms with Gasteiger partial charge in [0.1, 0.15) is 17.7 Å². The molecule has 3 atom stereocenters. The number of ether oxygens (including phenoxy) is 5. The molecule has 43 heavy (non-hydrogen) atoms. The molecule has 8 nitrogen and oxygen atoms in total. The molecule has 0 aliphatic carbocycles. The van der Waals surface area contributed by atoms with Crippen LogP contribution in [0.4, 0.5) is 5.69 Å². The van der Waals surface area contributed by atoms with Crippen LogP contribution in [0.5, 0.6) is 11.5 Å². The molecular formula is C35H48N2O6. The fourth-order valence-corrected chi connectivity index (χ4v) is 5.49. The highest BCUT2D eigenvalue weighted by atomic mass is 16.5. The van der Waals surface area contributed by atoms with Gasteiger partial charge in [-0.05, 0) is 55.6 Å². The molecule has 0 spiro atoms. The van der Waals surface area contributed by atoms with E-state index >= 15 is 0 Å². The van der Waals surface area contributed by atoms with Crippen LogP contribution in [0.25, 0.3) is 0 Å². The van der Waals surface area contributed by atoms with Crippen molar-refractivity contribution in [1.29, 1.82) is 0 Å². The van der Waals surface area contributed by atoms with Gasteiger partial charge >= 0.3 is 0 Å². The van der Waals surface area contributed by atoms with E-state index in [0.29, 0.717) is 45.4 Å². The lowest BCUT2D eigenvalue weighted by molar-refractivity contribution is 0.0106. The summed E-state index contributed by atoms with van der Waals surface area (Å²) >= 11 is 0. The molecule has 3 aromatic rings. The van der Waals surface area contributed by atoms with Crippen LogP contribution in [-0.4, -0.2) is 71.6 Å². The van der Waals surface area contributed by atoms with Crippen LogP contribution in [0.1, 0.15) is 48.3 Å². The molecule has 0 bridgehead atoms.